The molecule has 0 fully saturated rings. The maximum atomic E-state index is 3.58. The molecule has 0 aliphatic carbocycles. The van der Waals surface area contributed by atoms with Gasteiger partial charge in [0.05, 0.1) is 0 Å². The van der Waals surface area contributed by atoms with Gasteiger partial charge in [0.25, 0.3) is 0 Å². The summed E-state index contributed by atoms with van der Waals surface area (Å²) >= 11 is 0. The number of rotatable bonds is 10. The first-order valence-electron chi connectivity index (χ1n) is 7.78. The lowest BCUT2D eigenvalue weighted by atomic mass is 9.92. The first-order chi connectivity index (χ1) is 8.70. The highest BCUT2D eigenvalue weighted by Crippen LogP contribution is 2.16. The molecule has 19 heavy (non-hydrogen) atoms. The minimum Gasteiger partial charge on any atom is -0.315 e. The van der Waals surface area contributed by atoms with Gasteiger partial charge in [-0.3, -0.25) is 0 Å². The molecular formula is C16H37N3. The zero-order valence-electron chi connectivity index (χ0n) is 14.4. The van der Waals surface area contributed by atoms with Crippen molar-refractivity contribution in [3.63, 3.8) is 0 Å². The van der Waals surface area contributed by atoms with E-state index in [2.05, 4.69) is 63.8 Å². The van der Waals surface area contributed by atoms with E-state index in [-0.39, 0.29) is 0 Å². The first kappa shape index (κ1) is 18.9. The van der Waals surface area contributed by atoms with E-state index in [0.717, 1.165) is 32.1 Å². The number of likely N-dealkylation sites (N-methyl/N-ethyl adjacent to an activating group) is 1. The molecule has 0 saturated heterocycles. The minimum atomic E-state index is 0.440. The summed E-state index contributed by atoms with van der Waals surface area (Å²) in [6, 6.07) is 0. The second-order valence-corrected chi connectivity index (χ2v) is 7.56. The van der Waals surface area contributed by atoms with Crippen LogP contribution in [-0.2, 0) is 0 Å². The monoisotopic (exact) mass is 271 g/mol. The molecule has 0 bridgehead atoms. The van der Waals surface area contributed by atoms with Crippen molar-refractivity contribution >= 4 is 0 Å². The lowest BCUT2D eigenvalue weighted by Crippen LogP contribution is -2.39. The summed E-state index contributed by atoms with van der Waals surface area (Å²) in [5, 5.41) is 3.58. The van der Waals surface area contributed by atoms with Crippen LogP contribution in [0, 0.1) is 11.3 Å². The molecule has 0 aromatic rings. The largest absolute Gasteiger partial charge is 0.315 e. The maximum absolute atomic E-state index is 3.58. The third-order valence-electron chi connectivity index (χ3n) is 3.14. The van der Waals surface area contributed by atoms with Crippen LogP contribution in [0.25, 0.3) is 0 Å². The molecule has 0 aliphatic rings. The average molecular weight is 271 g/mol. The van der Waals surface area contributed by atoms with Gasteiger partial charge in [0.15, 0.2) is 0 Å². The molecule has 0 radical (unpaired) electrons. The SMILES string of the molecule is CC(C)CN(CCNCCC(C)(C)C)CCN(C)C. The van der Waals surface area contributed by atoms with Gasteiger partial charge in [-0.05, 0) is 38.4 Å². The van der Waals surface area contributed by atoms with E-state index in [4.69, 9.17) is 0 Å². The minimum absolute atomic E-state index is 0.440. The van der Waals surface area contributed by atoms with Crippen LogP contribution in [0.2, 0.25) is 0 Å². The van der Waals surface area contributed by atoms with Crippen LogP contribution in [0.5, 0.6) is 0 Å². The van der Waals surface area contributed by atoms with Crippen molar-refractivity contribution in [2.24, 2.45) is 11.3 Å². The molecule has 0 aromatic carbocycles. The van der Waals surface area contributed by atoms with Gasteiger partial charge < -0.3 is 15.1 Å². The van der Waals surface area contributed by atoms with E-state index in [0.29, 0.717) is 5.41 Å². The van der Waals surface area contributed by atoms with E-state index in [1.807, 2.05) is 0 Å². The Morgan fingerprint density at radius 1 is 0.947 bits per heavy atom. The highest BCUT2D eigenvalue weighted by atomic mass is 15.2. The number of nitrogens with one attached hydrogen (secondary N) is 1. The molecule has 0 aliphatic heterocycles. The lowest BCUT2D eigenvalue weighted by Gasteiger charge is -2.26. The van der Waals surface area contributed by atoms with E-state index < -0.39 is 0 Å². The Morgan fingerprint density at radius 3 is 2.05 bits per heavy atom. The fourth-order valence-corrected chi connectivity index (χ4v) is 1.98. The van der Waals surface area contributed by atoms with Gasteiger partial charge in [0, 0.05) is 32.7 Å². The van der Waals surface area contributed by atoms with Crippen molar-refractivity contribution in [1.29, 1.82) is 0 Å². The predicted molar refractivity (Wildman–Crippen MR) is 86.8 cm³/mol. The smallest absolute Gasteiger partial charge is 0.0110 e. The van der Waals surface area contributed by atoms with Crippen molar-refractivity contribution in [2.45, 2.75) is 41.0 Å². The Bertz CT molecular complexity index is 207. The van der Waals surface area contributed by atoms with Gasteiger partial charge in [-0.25, -0.2) is 0 Å². The average Bonchev–Trinajstić information content (AvgIpc) is 2.22. The third kappa shape index (κ3) is 14.1. The summed E-state index contributed by atoms with van der Waals surface area (Å²) in [6.45, 7) is 18.4. The second-order valence-electron chi connectivity index (χ2n) is 7.56. The van der Waals surface area contributed by atoms with Crippen molar-refractivity contribution in [2.75, 3.05) is 53.4 Å². The standard InChI is InChI=1S/C16H37N3/c1-15(2)14-19(13-12-18(6)7)11-10-17-9-8-16(3,4)5/h15,17H,8-14H2,1-7H3. The molecular weight excluding hydrogens is 234 g/mol. The molecule has 1 N–H and O–H groups in total. The van der Waals surface area contributed by atoms with Crippen molar-refractivity contribution < 1.29 is 0 Å². The molecule has 0 atom stereocenters. The highest BCUT2D eigenvalue weighted by Gasteiger charge is 2.10. The highest BCUT2D eigenvalue weighted by molar-refractivity contribution is 4.66. The van der Waals surface area contributed by atoms with Crippen molar-refractivity contribution in [1.82, 2.24) is 15.1 Å². The summed E-state index contributed by atoms with van der Waals surface area (Å²) < 4.78 is 0. The molecule has 0 spiro atoms. The van der Waals surface area contributed by atoms with Crippen LogP contribution in [-0.4, -0.2) is 63.2 Å². The van der Waals surface area contributed by atoms with Crippen LogP contribution < -0.4 is 5.32 Å². The van der Waals surface area contributed by atoms with Crippen LogP contribution in [0.1, 0.15) is 41.0 Å². The topological polar surface area (TPSA) is 18.5 Å². The van der Waals surface area contributed by atoms with Gasteiger partial charge in [-0.1, -0.05) is 34.6 Å². The van der Waals surface area contributed by atoms with Gasteiger partial charge in [0.2, 0.25) is 0 Å². The predicted octanol–water partition coefficient (Wildman–Crippen LogP) is 2.53. The Morgan fingerprint density at radius 2 is 1.58 bits per heavy atom. The lowest BCUT2D eigenvalue weighted by molar-refractivity contribution is 0.218. The van der Waals surface area contributed by atoms with E-state index in [9.17, 15) is 0 Å². The summed E-state index contributed by atoms with van der Waals surface area (Å²) in [5.74, 6) is 0.747. The summed E-state index contributed by atoms with van der Waals surface area (Å²) in [5.41, 5.74) is 0.440. The van der Waals surface area contributed by atoms with Crippen LogP contribution >= 0.6 is 0 Å². The van der Waals surface area contributed by atoms with Gasteiger partial charge in [-0.2, -0.15) is 0 Å². The number of hydrogen-bond donors (Lipinski definition) is 1. The second kappa shape index (κ2) is 9.73. The third-order valence-corrected chi connectivity index (χ3v) is 3.14. The van der Waals surface area contributed by atoms with Crippen LogP contribution in [0.3, 0.4) is 0 Å². The molecule has 0 aromatic heterocycles. The molecule has 3 nitrogen and oxygen atoms in total. The molecule has 0 saturated carbocycles. The maximum Gasteiger partial charge on any atom is 0.0110 e. The van der Waals surface area contributed by atoms with Crippen LogP contribution in [0.15, 0.2) is 0 Å². The van der Waals surface area contributed by atoms with Gasteiger partial charge >= 0.3 is 0 Å². The Balaban J connectivity index is 3.79. The number of nitrogens with zero attached hydrogens (tertiary/aromatic N) is 2. The molecule has 3 heteroatoms. The molecule has 116 valence electrons. The molecule has 0 heterocycles. The Labute approximate surface area is 121 Å². The Hall–Kier alpha value is -0.120. The molecule has 0 unspecified atom stereocenters. The molecule has 0 amide bonds. The van der Waals surface area contributed by atoms with Crippen molar-refractivity contribution in [3.05, 3.63) is 0 Å². The van der Waals surface area contributed by atoms with E-state index >= 15 is 0 Å². The normalized spacial score (nSPS) is 12.9. The fourth-order valence-electron chi connectivity index (χ4n) is 1.98. The van der Waals surface area contributed by atoms with Gasteiger partial charge in [0.1, 0.15) is 0 Å². The van der Waals surface area contributed by atoms with Gasteiger partial charge in [-0.15, -0.1) is 0 Å². The zero-order chi connectivity index (χ0) is 14.9. The van der Waals surface area contributed by atoms with Crippen molar-refractivity contribution in [3.8, 4) is 0 Å². The van der Waals surface area contributed by atoms with Crippen LogP contribution in [0.4, 0.5) is 0 Å². The molecule has 0 rings (SSSR count). The first-order valence-corrected chi connectivity index (χ1v) is 7.78. The number of hydrogen-bond acceptors (Lipinski definition) is 3. The zero-order valence-corrected chi connectivity index (χ0v) is 14.4. The van der Waals surface area contributed by atoms with E-state index in [1.54, 1.807) is 0 Å². The summed E-state index contributed by atoms with van der Waals surface area (Å²) in [6.07, 6.45) is 1.24. The van der Waals surface area contributed by atoms with E-state index in [1.165, 1.54) is 19.5 Å². The fraction of sp³-hybridized carbons (Fsp3) is 1.00. The summed E-state index contributed by atoms with van der Waals surface area (Å²) in [7, 11) is 4.30. The Kier molecular flexibility index (Phi) is 9.67. The summed E-state index contributed by atoms with van der Waals surface area (Å²) in [4.78, 5) is 4.84. The quantitative estimate of drug-likeness (QED) is 0.616.